The first kappa shape index (κ1) is 13.6. The maximum absolute atomic E-state index is 13.1. The standard InChI is InChI=1S/C12H10BrFO3/c1-7(15)12(13)10-4-3-9(14)6-8(10)2-5-11(16)17/h2-6,12H,1H3,(H,16,17). The Morgan fingerprint density at radius 2 is 2.12 bits per heavy atom. The van der Waals surface area contributed by atoms with Gasteiger partial charge in [-0.2, -0.15) is 0 Å². The number of rotatable bonds is 4. The lowest BCUT2D eigenvalue weighted by Gasteiger charge is -2.10. The van der Waals surface area contributed by atoms with Crippen LogP contribution in [0.2, 0.25) is 0 Å². The van der Waals surface area contributed by atoms with Crippen LogP contribution in [0.3, 0.4) is 0 Å². The molecule has 0 heterocycles. The van der Waals surface area contributed by atoms with Crippen LogP contribution in [0.15, 0.2) is 24.3 Å². The molecule has 0 bridgehead atoms. The van der Waals surface area contributed by atoms with Gasteiger partial charge in [0, 0.05) is 6.08 Å². The molecule has 5 heteroatoms. The van der Waals surface area contributed by atoms with E-state index in [1.165, 1.54) is 31.2 Å². The Morgan fingerprint density at radius 1 is 1.47 bits per heavy atom. The molecule has 3 nitrogen and oxygen atoms in total. The van der Waals surface area contributed by atoms with E-state index in [1.54, 1.807) is 0 Å². The van der Waals surface area contributed by atoms with Crippen LogP contribution in [-0.2, 0) is 9.59 Å². The molecule has 1 aromatic carbocycles. The fourth-order valence-electron chi connectivity index (χ4n) is 1.30. The van der Waals surface area contributed by atoms with Gasteiger partial charge in [-0.05, 0) is 36.3 Å². The third-order valence-corrected chi connectivity index (χ3v) is 3.22. The quantitative estimate of drug-likeness (QED) is 0.687. The molecular weight excluding hydrogens is 291 g/mol. The first-order valence-electron chi connectivity index (χ1n) is 4.77. The molecule has 17 heavy (non-hydrogen) atoms. The Hall–Kier alpha value is -1.49. The van der Waals surface area contributed by atoms with Crippen LogP contribution in [0, 0.1) is 5.82 Å². The van der Waals surface area contributed by atoms with E-state index >= 15 is 0 Å². The van der Waals surface area contributed by atoms with Crippen molar-refractivity contribution in [1.29, 1.82) is 0 Å². The summed E-state index contributed by atoms with van der Waals surface area (Å²) in [5.74, 6) is -1.75. The van der Waals surface area contributed by atoms with Gasteiger partial charge >= 0.3 is 5.97 Å². The van der Waals surface area contributed by atoms with Gasteiger partial charge in [-0.1, -0.05) is 22.0 Å². The summed E-state index contributed by atoms with van der Waals surface area (Å²) in [6, 6.07) is 3.87. The first-order chi connectivity index (χ1) is 7.91. The molecule has 90 valence electrons. The summed E-state index contributed by atoms with van der Waals surface area (Å²) in [5, 5.41) is 8.52. The Kier molecular flexibility index (Phi) is 4.57. The molecule has 0 amide bonds. The lowest BCUT2D eigenvalue weighted by molar-refractivity contribution is -0.131. The zero-order chi connectivity index (χ0) is 13.0. The molecule has 1 aromatic rings. The average Bonchev–Trinajstić information content (AvgIpc) is 2.25. The number of hydrogen-bond acceptors (Lipinski definition) is 2. The number of carbonyl (C=O) groups is 2. The van der Waals surface area contributed by atoms with Crippen LogP contribution < -0.4 is 0 Å². The lowest BCUT2D eigenvalue weighted by Crippen LogP contribution is -2.03. The lowest BCUT2D eigenvalue weighted by atomic mass is 10.0. The summed E-state index contributed by atoms with van der Waals surface area (Å²) in [6.07, 6.45) is 2.16. The van der Waals surface area contributed by atoms with E-state index in [2.05, 4.69) is 15.9 Å². The smallest absolute Gasteiger partial charge is 0.328 e. The van der Waals surface area contributed by atoms with E-state index in [-0.39, 0.29) is 5.78 Å². The number of ketones is 1. The van der Waals surface area contributed by atoms with Crippen LogP contribution in [0.4, 0.5) is 4.39 Å². The van der Waals surface area contributed by atoms with Crippen LogP contribution in [-0.4, -0.2) is 16.9 Å². The second kappa shape index (κ2) is 5.72. The predicted molar refractivity (Wildman–Crippen MR) is 65.4 cm³/mol. The number of hydrogen-bond donors (Lipinski definition) is 1. The minimum absolute atomic E-state index is 0.137. The van der Waals surface area contributed by atoms with E-state index in [9.17, 15) is 14.0 Å². The SMILES string of the molecule is CC(=O)C(Br)c1ccc(F)cc1C=CC(=O)O. The summed E-state index contributed by atoms with van der Waals surface area (Å²) in [4.78, 5) is 21.1. The molecule has 1 N–H and O–H groups in total. The van der Waals surface area contributed by atoms with Gasteiger partial charge in [0.05, 0.1) is 4.83 Å². The Balaban J connectivity index is 3.21. The molecule has 0 fully saturated rings. The third kappa shape index (κ3) is 3.78. The summed E-state index contributed by atoms with van der Waals surface area (Å²) < 4.78 is 13.1. The predicted octanol–water partition coefficient (Wildman–Crippen LogP) is 2.95. The normalized spacial score (nSPS) is 12.6. The van der Waals surface area contributed by atoms with E-state index in [1.807, 2.05) is 0 Å². The highest BCUT2D eigenvalue weighted by atomic mass is 79.9. The highest BCUT2D eigenvalue weighted by Gasteiger charge is 2.16. The van der Waals surface area contributed by atoms with Gasteiger partial charge in [0.2, 0.25) is 0 Å². The molecule has 1 atom stereocenters. The van der Waals surface area contributed by atoms with Crippen molar-refractivity contribution in [3.8, 4) is 0 Å². The van der Waals surface area contributed by atoms with E-state index in [0.717, 1.165) is 6.08 Å². The number of carboxylic acids is 1. The van der Waals surface area contributed by atoms with E-state index in [0.29, 0.717) is 11.1 Å². The fourth-order valence-corrected chi connectivity index (χ4v) is 1.72. The van der Waals surface area contributed by atoms with Crippen molar-refractivity contribution in [2.24, 2.45) is 0 Å². The van der Waals surface area contributed by atoms with Crippen LogP contribution in [0.25, 0.3) is 6.08 Å². The van der Waals surface area contributed by atoms with E-state index < -0.39 is 16.6 Å². The van der Waals surface area contributed by atoms with Gasteiger partial charge in [0.1, 0.15) is 11.6 Å². The second-order valence-electron chi connectivity index (χ2n) is 3.42. The molecule has 0 aliphatic heterocycles. The number of Topliss-reactive ketones (excluding diaryl/α,β-unsaturated/α-hetero) is 1. The number of aliphatic carboxylic acids is 1. The molecule has 1 unspecified atom stereocenters. The van der Waals surface area contributed by atoms with Crippen molar-refractivity contribution < 1.29 is 19.1 Å². The molecule has 0 aliphatic rings. The molecule has 0 spiro atoms. The van der Waals surface area contributed by atoms with Gasteiger partial charge in [-0.25, -0.2) is 9.18 Å². The molecule has 0 saturated carbocycles. The van der Waals surface area contributed by atoms with Crippen LogP contribution in [0.5, 0.6) is 0 Å². The Morgan fingerprint density at radius 3 is 2.65 bits per heavy atom. The largest absolute Gasteiger partial charge is 0.478 e. The fraction of sp³-hybridized carbons (Fsp3) is 0.167. The highest BCUT2D eigenvalue weighted by molar-refractivity contribution is 9.09. The zero-order valence-corrected chi connectivity index (χ0v) is 10.6. The maximum Gasteiger partial charge on any atom is 0.328 e. The summed E-state index contributed by atoms with van der Waals surface area (Å²) >= 11 is 3.18. The topological polar surface area (TPSA) is 54.4 Å². The number of carbonyl (C=O) groups excluding carboxylic acids is 1. The molecule has 0 saturated heterocycles. The van der Waals surface area contributed by atoms with Gasteiger partial charge in [0.15, 0.2) is 0 Å². The van der Waals surface area contributed by atoms with Gasteiger partial charge in [-0.3, -0.25) is 4.79 Å². The van der Waals surface area contributed by atoms with Gasteiger partial charge in [0.25, 0.3) is 0 Å². The molecule has 0 aliphatic carbocycles. The Labute approximate surface area is 106 Å². The van der Waals surface area contributed by atoms with Crippen LogP contribution in [0.1, 0.15) is 22.9 Å². The summed E-state index contributed by atoms with van der Waals surface area (Å²) in [6.45, 7) is 1.40. The minimum atomic E-state index is -1.13. The second-order valence-corrected chi connectivity index (χ2v) is 4.33. The number of halogens is 2. The van der Waals surface area contributed by atoms with Crippen molar-refractivity contribution in [3.05, 3.63) is 41.2 Å². The van der Waals surface area contributed by atoms with Crippen molar-refractivity contribution in [2.75, 3.05) is 0 Å². The van der Waals surface area contributed by atoms with Crippen molar-refractivity contribution >= 4 is 33.8 Å². The first-order valence-corrected chi connectivity index (χ1v) is 5.68. The number of benzene rings is 1. The molecule has 1 rings (SSSR count). The number of alkyl halides is 1. The van der Waals surface area contributed by atoms with Gasteiger partial charge < -0.3 is 5.11 Å². The monoisotopic (exact) mass is 300 g/mol. The third-order valence-electron chi connectivity index (χ3n) is 2.08. The molecule has 0 aromatic heterocycles. The highest BCUT2D eigenvalue weighted by Crippen LogP contribution is 2.28. The van der Waals surface area contributed by atoms with Crippen molar-refractivity contribution in [1.82, 2.24) is 0 Å². The summed E-state index contributed by atoms with van der Waals surface area (Å²) in [7, 11) is 0. The van der Waals surface area contributed by atoms with Crippen molar-refractivity contribution in [2.45, 2.75) is 11.8 Å². The zero-order valence-electron chi connectivity index (χ0n) is 8.98. The molecular formula is C12H10BrFO3. The average molecular weight is 301 g/mol. The van der Waals surface area contributed by atoms with Crippen LogP contribution >= 0.6 is 15.9 Å². The minimum Gasteiger partial charge on any atom is -0.478 e. The molecule has 0 radical (unpaired) electrons. The van der Waals surface area contributed by atoms with Crippen molar-refractivity contribution in [3.63, 3.8) is 0 Å². The van der Waals surface area contributed by atoms with Gasteiger partial charge in [-0.15, -0.1) is 0 Å². The van der Waals surface area contributed by atoms with E-state index in [4.69, 9.17) is 5.11 Å². The maximum atomic E-state index is 13.1. The Bertz CT molecular complexity index is 483. The summed E-state index contributed by atoms with van der Waals surface area (Å²) in [5.41, 5.74) is 0.904. The number of carboxylic acid groups (broad SMARTS) is 1.